The highest BCUT2D eigenvalue weighted by Gasteiger charge is 2.18. The molecule has 2 unspecified atom stereocenters. The van der Waals surface area contributed by atoms with Gasteiger partial charge in [-0.05, 0) is 44.9 Å². The molecule has 100 valence electrons. The van der Waals surface area contributed by atoms with E-state index in [-0.39, 0.29) is 6.10 Å². The maximum Gasteiger partial charge on any atom is 0.120 e. The number of rotatable bonds is 5. The van der Waals surface area contributed by atoms with Crippen LogP contribution in [0, 0.1) is 0 Å². The van der Waals surface area contributed by atoms with Crippen LogP contribution < -0.4 is 10.1 Å². The molecule has 0 bridgehead atoms. The van der Waals surface area contributed by atoms with Gasteiger partial charge in [-0.25, -0.2) is 0 Å². The zero-order valence-corrected chi connectivity index (χ0v) is 11.5. The Hall–Kier alpha value is -1.06. The van der Waals surface area contributed by atoms with Crippen molar-refractivity contribution in [1.82, 2.24) is 5.32 Å². The van der Waals surface area contributed by atoms with Crippen LogP contribution in [0.5, 0.6) is 5.75 Å². The van der Waals surface area contributed by atoms with Gasteiger partial charge in [0.05, 0.1) is 12.7 Å². The second kappa shape index (κ2) is 6.21. The van der Waals surface area contributed by atoms with Gasteiger partial charge in [-0.3, -0.25) is 0 Å². The second-order valence-corrected chi connectivity index (χ2v) is 5.19. The molecule has 2 rings (SSSR count). The Morgan fingerprint density at radius 2 is 2.17 bits per heavy atom. The molecule has 0 radical (unpaired) electrons. The van der Waals surface area contributed by atoms with Crippen molar-refractivity contribution in [3.63, 3.8) is 0 Å². The average Bonchev–Trinajstić information content (AvgIpc) is 2.81. The second-order valence-electron chi connectivity index (χ2n) is 5.19. The molecule has 0 aliphatic carbocycles. The molecule has 0 spiro atoms. The lowest BCUT2D eigenvalue weighted by Crippen LogP contribution is -2.31. The number of hydrogen-bond donors (Lipinski definition) is 1. The predicted molar refractivity (Wildman–Crippen MR) is 73.0 cm³/mol. The fourth-order valence-corrected chi connectivity index (χ4v) is 2.25. The fourth-order valence-electron chi connectivity index (χ4n) is 2.25. The Labute approximate surface area is 109 Å². The van der Waals surface area contributed by atoms with Gasteiger partial charge < -0.3 is 14.8 Å². The summed E-state index contributed by atoms with van der Waals surface area (Å²) < 4.78 is 11.1. The number of hydrogen-bond acceptors (Lipinski definition) is 3. The number of ether oxygens (including phenoxy) is 2. The summed E-state index contributed by atoms with van der Waals surface area (Å²) in [6, 6.07) is 9.13. The molecule has 1 saturated heterocycles. The Balaban J connectivity index is 1.98. The molecular formula is C15H23NO2. The SMILES string of the molecule is CC(C)Oc1cccc(C(C)NC2CCOC2)c1. The van der Waals surface area contributed by atoms with Crippen molar-refractivity contribution in [1.29, 1.82) is 0 Å². The fraction of sp³-hybridized carbons (Fsp3) is 0.600. The molecule has 1 aliphatic heterocycles. The lowest BCUT2D eigenvalue weighted by atomic mass is 10.1. The van der Waals surface area contributed by atoms with Gasteiger partial charge in [-0.2, -0.15) is 0 Å². The first-order valence-corrected chi connectivity index (χ1v) is 6.75. The Morgan fingerprint density at radius 3 is 2.83 bits per heavy atom. The molecule has 0 saturated carbocycles. The zero-order valence-electron chi connectivity index (χ0n) is 11.5. The van der Waals surface area contributed by atoms with Crippen LogP contribution in [-0.4, -0.2) is 25.4 Å². The van der Waals surface area contributed by atoms with E-state index in [0.29, 0.717) is 12.1 Å². The van der Waals surface area contributed by atoms with E-state index >= 15 is 0 Å². The van der Waals surface area contributed by atoms with E-state index in [1.807, 2.05) is 19.9 Å². The Morgan fingerprint density at radius 1 is 1.33 bits per heavy atom. The summed E-state index contributed by atoms with van der Waals surface area (Å²) in [5.41, 5.74) is 1.26. The van der Waals surface area contributed by atoms with Crippen LogP contribution in [0.2, 0.25) is 0 Å². The summed E-state index contributed by atoms with van der Waals surface area (Å²) in [5.74, 6) is 0.943. The van der Waals surface area contributed by atoms with Gasteiger partial charge in [0.1, 0.15) is 5.75 Å². The summed E-state index contributed by atoms with van der Waals surface area (Å²) in [5, 5.41) is 3.60. The minimum Gasteiger partial charge on any atom is -0.491 e. The number of benzene rings is 1. The van der Waals surface area contributed by atoms with Crippen LogP contribution in [0.3, 0.4) is 0 Å². The lowest BCUT2D eigenvalue weighted by molar-refractivity contribution is 0.188. The standard InChI is InChI=1S/C15H23NO2/c1-11(2)18-15-6-4-5-13(9-15)12(3)16-14-7-8-17-10-14/h4-6,9,11-12,14,16H,7-8,10H2,1-3H3. The highest BCUT2D eigenvalue weighted by Crippen LogP contribution is 2.21. The van der Waals surface area contributed by atoms with E-state index in [1.165, 1.54) is 5.56 Å². The van der Waals surface area contributed by atoms with Crippen molar-refractivity contribution in [2.24, 2.45) is 0 Å². The molecule has 1 fully saturated rings. The van der Waals surface area contributed by atoms with Crippen LogP contribution >= 0.6 is 0 Å². The van der Waals surface area contributed by atoms with Crippen molar-refractivity contribution in [2.75, 3.05) is 13.2 Å². The minimum absolute atomic E-state index is 0.215. The third kappa shape index (κ3) is 3.72. The zero-order chi connectivity index (χ0) is 13.0. The normalized spacial score (nSPS) is 21.2. The molecule has 0 aromatic heterocycles. The van der Waals surface area contributed by atoms with Crippen LogP contribution in [0.25, 0.3) is 0 Å². The molecule has 3 nitrogen and oxygen atoms in total. The molecule has 1 heterocycles. The Bertz CT molecular complexity index is 373. The lowest BCUT2D eigenvalue weighted by Gasteiger charge is -2.19. The summed E-state index contributed by atoms with van der Waals surface area (Å²) in [4.78, 5) is 0. The van der Waals surface area contributed by atoms with Gasteiger partial charge in [-0.15, -0.1) is 0 Å². The highest BCUT2D eigenvalue weighted by molar-refractivity contribution is 5.30. The molecule has 18 heavy (non-hydrogen) atoms. The number of nitrogens with one attached hydrogen (secondary N) is 1. The van der Waals surface area contributed by atoms with E-state index in [9.17, 15) is 0 Å². The largest absolute Gasteiger partial charge is 0.491 e. The predicted octanol–water partition coefficient (Wildman–Crippen LogP) is 2.91. The average molecular weight is 249 g/mol. The minimum atomic E-state index is 0.215. The third-order valence-electron chi connectivity index (χ3n) is 3.15. The van der Waals surface area contributed by atoms with E-state index < -0.39 is 0 Å². The van der Waals surface area contributed by atoms with Crippen molar-refractivity contribution >= 4 is 0 Å². The molecule has 2 atom stereocenters. The van der Waals surface area contributed by atoms with Gasteiger partial charge in [0.15, 0.2) is 0 Å². The monoisotopic (exact) mass is 249 g/mol. The van der Waals surface area contributed by atoms with Crippen LogP contribution in [0.4, 0.5) is 0 Å². The highest BCUT2D eigenvalue weighted by atomic mass is 16.5. The molecule has 1 aromatic rings. The van der Waals surface area contributed by atoms with E-state index in [0.717, 1.165) is 25.4 Å². The van der Waals surface area contributed by atoms with Crippen molar-refractivity contribution < 1.29 is 9.47 Å². The van der Waals surface area contributed by atoms with E-state index in [1.54, 1.807) is 0 Å². The molecule has 1 aliphatic rings. The summed E-state index contributed by atoms with van der Waals surface area (Å²) in [7, 11) is 0. The quantitative estimate of drug-likeness (QED) is 0.870. The smallest absolute Gasteiger partial charge is 0.120 e. The van der Waals surface area contributed by atoms with Crippen molar-refractivity contribution in [3.8, 4) is 5.75 Å². The Kier molecular flexibility index (Phi) is 4.61. The van der Waals surface area contributed by atoms with Gasteiger partial charge in [0.2, 0.25) is 0 Å². The van der Waals surface area contributed by atoms with Crippen molar-refractivity contribution in [2.45, 2.75) is 45.4 Å². The molecule has 0 amide bonds. The van der Waals surface area contributed by atoms with Gasteiger partial charge in [-0.1, -0.05) is 12.1 Å². The molecule has 1 aromatic carbocycles. The third-order valence-corrected chi connectivity index (χ3v) is 3.15. The summed E-state index contributed by atoms with van der Waals surface area (Å²) in [6.07, 6.45) is 1.32. The maximum atomic E-state index is 5.72. The van der Waals surface area contributed by atoms with Crippen molar-refractivity contribution in [3.05, 3.63) is 29.8 Å². The van der Waals surface area contributed by atoms with E-state index in [4.69, 9.17) is 9.47 Å². The first kappa shape index (κ1) is 13.4. The van der Waals surface area contributed by atoms with Crippen LogP contribution in [0.15, 0.2) is 24.3 Å². The summed E-state index contributed by atoms with van der Waals surface area (Å²) in [6.45, 7) is 7.98. The van der Waals surface area contributed by atoms with E-state index in [2.05, 4.69) is 30.4 Å². The molecular weight excluding hydrogens is 226 g/mol. The molecule has 1 N–H and O–H groups in total. The van der Waals surface area contributed by atoms with Crippen LogP contribution in [-0.2, 0) is 4.74 Å². The molecule has 3 heteroatoms. The first-order valence-electron chi connectivity index (χ1n) is 6.75. The first-order chi connectivity index (χ1) is 8.65. The van der Waals surface area contributed by atoms with Gasteiger partial charge >= 0.3 is 0 Å². The van der Waals surface area contributed by atoms with Gasteiger partial charge in [0.25, 0.3) is 0 Å². The van der Waals surface area contributed by atoms with Gasteiger partial charge in [0, 0.05) is 18.7 Å². The maximum absolute atomic E-state index is 5.72. The van der Waals surface area contributed by atoms with Crippen LogP contribution in [0.1, 0.15) is 38.8 Å². The summed E-state index contributed by atoms with van der Waals surface area (Å²) >= 11 is 0. The topological polar surface area (TPSA) is 30.5 Å².